The van der Waals surface area contributed by atoms with E-state index in [1.807, 2.05) is 13.3 Å². The Morgan fingerprint density at radius 3 is 2.58 bits per heavy atom. The summed E-state index contributed by atoms with van der Waals surface area (Å²) in [7, 11) is 1.83. The maximum atomic E-state index is 12.6. The van der Waals surface area contributed by atoms with Crippen molar-refractivity contribution in [3.8, 4) is 0 Å². The maximum absolute atomic E-state index is 12.6. The summed E-state index contributed by atoms with van der Waals surface area (Å²) in [5, 5.41) is 2.99. The van der Waals surface area contributed by atoms with Crippen LogP contribution in [0.3, 0.4) is 0 Å². The summed E-state index contributed by atoms with van der Waals surface area (Å²) in [6, 6.07) is 4.71. The molecule has 0 unspecified atom stereocenters. The van der Waals surface area contributed by atoms with Crippen LogP contribution in [0.25, 0.3) is 0 Å². The Bertz CT molecular complexity index is 255. The van der Waals surface area contributed by atoms with Gasteiger partial charge in [-0.1, -0.05) is 0 Å². The molecule has 0 amide bonds. The van der Waals surface area contributed by atoms with Crippen molar-refractivity contribution < 1.29 is 4.39 Å². The molecule has 0 aliphatic rings. The molecule has 0 heterocycles. The quantitative estimate of drug-likeness (QED) is 0.749. The Labute approximate surface area is 82.2 Å². The number of rotatable bonds is 2. The highest BCUT2D eigenvalue weighted by Gasteiger charge is 1.99. The number of anilines is 1. The number of nitrogens with one attached hydrogen (secondary N) is 1. The molecule has 0 spiro atoms. The number of benzene rings is 1. The summed E-state index contributed by atoms with van der Waals surface area (Å²) in [6.45, 7) is 0. The monoisotopic (exact) mass is 207 g/mol. The lowest BCUT2D eigenvalue weighted by Crippen LogP contribution is -1.90. The fourth-order valence-electron chi connectivity index (χ4n) is 0.872. The number of halogens is 2. The molecule has 1 aromatic carbocycles. The highest BCUT2D eigenvalue weighted by Crippen LogP contribution is 2.25. The summed E-state index contributed by atoms with van der Waals surface area (Å²) in [4.78, 5) is 0.938. The van der Waals surface area contributed by atoms with Crippen LogP contribution in [0.2, 0.25) is 0 Å². The number of hydrogen-bond donors (Lipinski definition) is 1. The first-order valence-corrected chi connectivity index (χ1v) is 4.51. The van der Waals surface area contributed by atoms with E-state index in [0.717, 1.165) is 10.6 Å². The third-order valence-electron chi connectivity index (χ3n) is 1.43. The van der Waals surface area contributed by atoms with Gasteiger partial charge in [0.25, 0.3) is 0 Å². The molecule has 12 heavy (non-hydrogen) atoms. The molecule has 0 saturated heterocycles. The zero-order valence-corrected chi connectivity index (χ0v) is 8.56. The normalized spacial score (nSPS) is 8.92. The van der Waals surface area contributed by atoms with E-state index >= 15 is 0 Å². The second-order valence-corrected chi connectivity index (χ2v) is 2.94. The molecule has 1 N–H and O–H groups in total. The Hall–Kier alpha value is -0.410. The summed E-state index contributed by atoms with van der Waals surface area (Å²) in [5.41, 5.74) is 0.971. The van der Waals surface area contributed by atoms with Crippen molar-refractivity contribution in [2.75, 3.05) is 18.6 Å². The third-order valence-corrected chi connectivity index (χ3v) is 2.21. The van der Waals surface area contributed by atoms with E-state index in [0.29, 0.717) is 0 Å². The summed E-state index contributed by atoms with van der Waals surface area (Å²) in [6.07, 6.45) is 1.93. The van der Waals surface area contributed by atoms with Gasteiger partial charge >= 0.3 is 0 Å². The van der Waals surface area contributed by atoms with Crippen LogP contribution >= 0.6 is 24.2 Å². The van der Waals surface area contributed by atoms with E-state index in [9.17, 15) is 4.39 Å². The second kappa shape index (κ2) is 5.27. The van der Waals surface area contributed by atoms with Crippen molar-refractivity contribution in [2.45, 2.75) is 4.90 Å². The second-order valence-electron chi connectivity index (χ2n) is 2.09. The SMILES string of the molecule is CNc1ccc(F)cc1SC.Cl. The molecule has 0 aromatic heterocycles. The summed E-state index contributed by atoms with van der Waals surface area (Å²) in [5.74, 6) is -0.187. The van der Waals surface area contributed by atoms with Crippen LogP contribution in [0.15, 0.2) is 23.1 Å². The molecule has 0 aliphatic carbocycles. The molecule has 68 valence electrons. The van der Waals surface area contributed by atoms with Crippen LogP contribution in [0.5, 0.6) is 0 Å². The molecule has 1 rings (SSSR count). The molecule has 0 radical (unpaired) electrons. The molecular weight excluding hydrogens is 197 g/mol. The molecule has 1 nitrogen and oxygen atoms in total. The van der Waals surface area contributed by atoms with Gasteiger partial charge in [0.1, 0.15) is 5.82 Å². The van der Waals surface area contributed by atoms with Gasteiger partial charge in [0, 0.05) is 17.6 Å². The molecule has 4 heteroatoms. The smallest absolute Gasteiger partial charge is 0.124 e. The molecule has 1 aromatic rings. The Morgan fingerprint density at radius 2 is 2.08 bits per heavy atom. The van der Waals surface area contributed by atoms with Gasteiger partial charge < -0.3 is 5.32 Å². The lowest BCUT2D eigenvalue weighted by atomic mass is 10.3. The van der Waals surface area contributed by atoms with Gasteiger partial charge in [0.15, 0.2) is 0 Å². The first kappa shape index (κ1) is 11.6. The van der Waals surface area contributed by atoms with Crippen molar-refractivity contribution in [2.24, 2.45) is 0 Å². The molecule has 0 fully saturated rings. The van der Waals surface area contributed by atoms with E-state index in [-0.39, 0.29) is 18.2 Å². The van der Waals surface area contributed by atoms with Crippen LogP contribution in [0.1, 0.15) is 0 Å². The zero-order valence-electron chi connectivity index (χ0n) is 6.93. The number of thioether (sulfide) groups is 1. The third kappa shape index (κ3) is 2.57. The molecular formula is C8H11ClFNS. The largest absolute Gasteiger partial charge is 0.387 e. The Morgan fingerprint density at radius 1 is 1.42 bits per heavy atom. The molecule has 0 atom stereocenters. The predicted molar refractivity (Wildman–Crippen MR) is 55.0 cm³/mol. The van der Waals surface area contributed by atoms with E-state index < -0.39 is 0 Å². The highest BCUT2D eigenvalue weighted by molar-refractivity contribution is 7.98. The zero-order chi connectivity index (χ0) is 8.27. The van der Waals surface area contributed by atoms with Gasteiger partial charge in [-0.3, -0.25) is 0 Å². The maximum Gasteiger partial charge on any atom is 0.124 e. The van der Waals surface area contributed by atoms with Crippen molar-refractivity contribution in [3.05, 3.63) is 24.0 Å². The van der Waals surface area contributed by atoms with Gasteiger partial charge in [-0.05, 0) is 24.5 Å². The highest BCUT2D eigenvalue weighted by atomic mass is 35.5. The van der Waals surface area contributed by atoms with Gasteiger partial charge in [-0.15, -0.1) is 24.2 Å². The minimum atomic E-state index is -0.187. The lowest BCUT2D eigenvalue weighted by molar-refractivity contribution is 0.624. The fraction of sp³-hybridized carbons (Fsp3) is 0.250. The van der Waals surface area contributed by atoms with E-state index in [1.54, 1.807) is 6.07 Å². The Kier molecular flexibility index (Phi) is 5.09. The van der Waals surface area contributed by atoms with Crippen molar-refractivity contribution in [1.29, 1.82) is 0 Å². The molecule has 0 bridgehead atoms. The molecule has 0 aliphatic heterocycles. The van der Waals surface area contributed by atoms with Crippen LogP contribution < -0.4 is 5.32 Å². The van der Waals surface area contributed by atoms with Crippen LogP contribution in [-0.4, -0.2) is 13.3 Å². The van der Waals surface area contributed by atoms with E-state index in [1.165, 1.54) is 23.9 Å². The van der Waals surface area contributed by atoms with E-state index in [2.05, 4.69) is 5.32 Å². The minimum absolute atomic E-state index is 0. The van der Waals surface area contributed by atoms with Gasteiger partial charge in [0.05, 0.1) is 0 Å². The predicted octanol–water partition coefficient (Wildman–Crippen LogP) is 3.01. The first-order chi connectivity index (χ1) is 5.27. The fourth-order valence-corrected chi connectivity index (χ4v) is 1.49. The molecule has 0 saturated carbocycles. The standard InChI is InChI=1S/C8H10FNS.ClH/c1-10-7-4-3-6(9)5-8(7)11-2;/h3-5,10H,1-2H3;1H. The van der Waals surface area contributed by atoms with Crippen molar-refractivity contribution >= 4 is 29.9 Å². The average Bonchev–Trinajstić information content (AvgIpc) is 2.04. The summed E-state index contributed by atoms with van der Waals surface area (Å²) < 4.78 is 12.6. The minimum Gasteiger partial charge on any atom is -0.387 e. The average molecular weight is 208 g/mol. The van der Waals surface area contributed by atoms with Gasteiger partial charge in [-0.25, -0.2) is 4.39 Å². The topological polar surface area (TPSA) is 12.0 Å². The van der Waals surface area contributed by atoms with Crippen molar-refractivity contribution in [1.82, 2.24) is 0 Å². The van der Waals surface area contributed by atoms with Crippen LogP contribution in [0, 0.1) is 5.82 Å². The van der Waals surface area contributed by atoms with Gasteiger partial charge in [-0.2, -0.15) is 0 Å². The first-order valence-electron chi connectivity index (χ1n) is 3.29. The van der Waals surface area contributed by atoms with Crippen molar-refractivity contribution in [3.63, 3.8) is 0 Å². The summed E-state index contributed by atoms with van der Waals surface area (Å²) >= 11 is 1.53. The Balaban J connectivity index is 0.00000121. The lowest BCUT2D eigenvalue weighted by Gasteiger charge is -2.05. The number of hydrogen-bond acceptors (Lipinski definition) is 2. The van der Waals surface area contributed by atoms with Crippen LogP contribution in [-0.2, 0) is 0 Å². The van der Waals surface area contributed by atoms with Crippen LogP contribution in [0.4, 0.5) is 10.1 Å². The van der Waals surface area contributed by atoms with Gasteiger partial charge in [0.2, 0.25) is 0 Å². The van der Waals surface area contributed by atoms with E-state index in [4.69, 9.17) is 0 Å².